The maximum absolute atomic E-state index is 12.3. The summed E-state index contributed by atoms with van der Waals surface area (Å²) >= 11 is 0. The van der Waals surface area contributed by atoms with Crippen LogP contribution in [0.5, 0.6) is 0 Å². The molecule has 1 fully saturated rings. The molecule has 0 radical (unpaired) electrons. The van der Waals surface area contributed by atoms with Crippen LogP contribution in [0.4, 0.5) is 5.69 Å². The first-order valence-electron chi connectivity index (χ1n) is 6.25. The zero-order valence-electron chi connectivity index (χ0n) is 9.48. The molecular formula is C14H17NO. The van der Waals surface area contributed by atoms with Crippen LogP contribution >= 0.6 is 0 Å². The molecule has 3 rings (SSSR count). The second-order valence-corrected chi connectivity index (χ2v) is 4.85. The molecule has 2 aliphatic rings. The third-order valence-corrected chi connectivity index (χ3v) is 3.86. The number of benzene rings is 1. The highest BCUT2D eigenvalue weighted by atomic mass is 16.2. The topological polar surface area (TPSA) is 20.3 Å². The molecule has 1 saturated carbocycles. The lowest BCUT2D eigenvalue weighted by Crippen LogP contribution is -2.33. The van der Waals surface area contributed by atoms with Crippen LogP contribution in [-0.4, -0.2) is 12.5 Å². The molecule has 84 valence electrons. The molecule has 2 heteroatoms. The highest BCUT2D eigenvalue weighted by Gasteiger charge is 2.31. The number of fused-ring (bicyclic) bond motifs is 1. The number of nitrogens with zero attached hydrogens (tertiary/aromatic N) is 1. The fourth-order valence-electron chi connectivity index (χ4n) is 2.96. The van der Waals surface area contributed by atoms with E-state index in [1.807, 2.05) is 11.0 Å². The first kappa shape index (κ1) is 9.88. The third kappa shape index (κ3) is 1.53. The second-order valence-electron chi connectivity index (χ2n) is 4.85. The number of hydrogen-bond acceptors (Lipinski definition) is 1. The minimum atomic E-state index is 0.297. The smallest absolute Gasteiger partial charge is 0.230 e. The summed E-state index contributed by atoms with van der Waals surface area (Å²) in [5.74, 6) is 0.661. The maximum atomic E-state index is 12.3. The molecule has 0 bridgehead atoms. The lowest BCUT2D eigenvalue weighted by atomic mass is 10.1. The van der Waals surface area contributed by atoms with Crippen molar-refractivity contribution in [1.29, 1.82) is 0 Å². The number of anilines is 1. The van der Waals surface area contributed by atoms with E-state index in [0.29, 0.717) is 11.8 Å². The molecule has 1 aromatic carbocycles. The Morgan fingerprint density at radius 3 is 2.75 bits per heavy atom. The lowest BCUT2D eigenvalue weighted by molar-refractivity contribution is -0.122. The second kappa shape index (κ2) is 3.93. The van der Waals surface area contributed by atoms with Gasteiger partial charge in [0.05, 0.1) is 0 Å². The summed E-state index contributed by atoms with van der Waals surface area (Å²) in [6.45, 7) is 0.884. The van der Waals surface area contributed by atoms with Gasteiger partial charge in [0.25, 0.3) is 0 Å². The minimum absolute atomic E-state index is 0.297. The van der Waals surface area contributed by atoms with Gasteiger partial charge in [-0.1, -0.05) is 31.0 Å². The summed E-state index contributed by atoms with van der Waals surface area (Å²) in [5, 5.41) is 0. The van der Waals surface area contributed by atoms with Crippen LogP contribution in [0.25, 0.3) is 0 Å². The number of rotatable bonds is 1. The Balaban J connectivity index is 1.84. The number of hydrogen-bond donors (Lipinski definition) is 0. The lowest BCUT2D eigenvalue weighted by Gasteiger charge is -2.21. The van der Waals surface area contributed by atoms with Crippen LogP contribution < -0.4 is 4.90 Å². The Labute approximate surface area is 96.3 Å². The highest BCUT2D eigenvalue weighted by Crippen LogP contribution is 2.33. The zero-order chi connectivity index (χ0) is 11.0. The number of carbonyl (C=O) groups is 1. The van der Waals surface area contributed by atoms with E-state index in [-0.39, 0.29) is 0 Å². The summed E-state index contributed by atoms with van der Waals surface area (Å²) in [6, 6.07) is 8.30. The van der Waals surface area contributed by atoms with E-state index in [2.05, 4.69) is 18.2 Å². The van der Waals surface area contributed by atoms with Crippen LogP contribution in [-0.2, 0) is 11.2 Å². The van der Waals surface area contributed by atoms with Crippen LogP contribution in [0.3, 0.4) is 0 Å². The van der Waals surface area contributed by atoms with Crippen molar-refractivity contribution in [2.24, 2.45) is 5.92 Å². The number of amides is 1. The van der Waals surface area contributed by atoms with Gasteiger partial charge in [0.2, 0.25) is 5.91 Å². The van der Waals surface area contributed by atoms with Crippen molar-refractivity contribution in [1.82, 2.24) is 0 Å². The van der Waals surface area contributed by atoms with Gasteiger partial charge in [-0.05, 0) is 30.9 Å². The van der Waals surface area contributed by atoms with E-state index in [9.17, 15) is 4.79 Å². The molecule has 1 aromatic rings. The van der Waals surface area contributed by atoms with Gasteiger partial charge in [-0.3, -0.25) is 4.79 Å². The molecule has 16 heavy (non-hydrogen) atoms. The molecule has 1 heterocycles. The van der Waals surface area contributed by atoms with Gasteiger partial charge in [0, 0.05) is 18.2 Å². The fourth-order valence-corrected chi connectivity index (χ4v) is 2.96. The molecule has 0 unspecified atom stereocenters. The van der Waals surface area contributed by atoms with Gasteiger partial charge in [-0.2, -0.15) is 0 Å². The van der Waals surface area contributed by atoms with Crippen molar-refractivity contribution in [3.05, 3.63) is 29.8 Å². The monoisotopic (exact) mass is 215 g/mol. The van der Waals surface area contributed by atoms with Crippen molar-refractivity contribution in [3.63, 3.8) is 0 Å². The van der Waals surface area contributed by atoms with Crippen LogP contribution in [0.2, 0.25) is 0 Å². The van der Waals surface area contributed by atoms with E-state index in [4.69, 9.17) is 0 Å². The average Bonchev–Trinajstić information content (AvgIpc) is 2.98. The molecule has 0 spiro atoms. The van der Waals surface area contributed by atoms with Crippen LogP contribution in [0, 0.1) is 5.92 Å². The highest BCUT2D eigenvalue weighted by molar-refractivity contribution is 5.97. The summed E-state index contributed by atoms with van der Waals surface area (Å²) < 4.78 is 0. The summed E-state index contributed by atoms with van der Waals surface area (Å²) in [7, 11) is 0. The molecule has 1 amide bonds. The van der Waals surface area contributed by atoms with E-state index in [1.54, 1.807) is 0 Å². The molecule has 2 nitrogen and oxygen atoms in total. The van der Waals surface area contributed by atoms with Gasteiger partial charge in [-0.25, -0.2) is 0 Å². The molecule has 1 aliphatic heterocycles. The Kier molecular flexibility index (Phi) is 2.43. The van der Waals surface area contributed by atoms with Gasteiger partial charge in [-0.15, -0.1) is 0 Å². The Bertz CT molecular complexity index is 407. The van der Waals surface area contributed by atoms with Crippen molar-refractivity contribution < 1.29 is 4.79 Å². The normalized spacial score (nSPS) is 20.1. The number of para-hydroxylation sites is 1. The standard InChI is InChI=1S/C14H17NO/c16-14(12-6-1-2-7-12)15-10-9-11-5-3-4-8-13(11)15/h3-5,8,12H,1-2,6-7,9-10H2. The van der Waals surface area contributed by atoms with Crippen molar-refractivity contribution in [2.75, 3.05) is 11.4 Å². The average molecular weight is 215 g/mol. The van der Waals surface area contributed by atoms with Crippen LogP contribution in [0.1, 0.15) is 31.2 Å². The number of carbonyl (C=O) groups excluding carboxylic acids is 1. The molecule has 0 atom stereocenters. The van der Waals surface area contributed by atoms with Crippen molar-refractivity contribution in [2.45, 2.75) is 32.1 Å². The minimum Gasteiger partial charge on any atom is -0.312 e. The SMILES string of the molecule is O=C(C1CCCC1)N1CCc2ccccc21. The summed E-state index contributed by atoms with van der Waals surface area (Å²) in [6.07, 6.45) is 5.67. The largest absolute Gasteiger partial charge is 0.312 e. The van der Waals surface area contributed by atoms with E-state index in [1.165, 1.54) is 18.4 Å². The third-order valence-electron chi connectivity index (χ3n) is 3.86. The fraction of sp³-hybridized carbons (Fsp3) is 0.500. The predicted molar refractivity (Wildman–Crippen MR) is 64.5 cm³/mol. The molecule has 1 aliphatic carbocycles. The molecule has 0 aromatic heterocycles. The Morgan fingerprint density at radius 1 is 1.19 bits per heavy atom. The van der Waals surface area contributed by atoms with Gasteiger partial charge < -0.3 is 4.90 Å². The molecular weight excluding hydrogens is 198 g/mol. The Morgan fingerprint density at radius 2 is 1.94 bits per heavy atom. The summed E-state index contributed by atoms with van der Waals surface area (Å²) in [4.78, 5) is 14.3. The molecule has 0 saturated heterocycles. The quantitative estimate of drug-likeness (QED) is 0.705. The van der Waals surface area contributed by atoms with E-state index < -0.39 is 0 Å². The first-order chi connectivity index (χ1) is 7.86. The van der Waals surface area contributed by atoms with Crippen LogP contribution in [0.15, 0.2) is 24.3 Å². The summed E-state index contributed by atoms with van der Waals surface area (Å²) in [5.41, 5.74) is 2.48. The van der Waals surface area contributed by atoms with Crippen molar-refractivity contribution >= 4 is 11.6 Å². The van der Waals surface area contributed by atoms with Gasteiger partial charge >= 0.3 is 0 Å². The first-order valence-corrected chi connectivity index (χ1v) is 6.25. The Hall–Kier alpha value is -1.31. The zero-order valence-corrected chi connectivity index (χ0v) is 9.48. The van der Waals surface area contributed by atoms with Gasteiger partial charge in [0.1, 0.15) is 0 Å². The van der Waals surface area contributed by atoms with E-state index in [0.717, 1.165) is 31.5 Å². The maximum Gasteiger partial charge on any atom is 0.230 e. The van der Waals surface area contributed by atoms with Gasteiger partial charge in [0.15, 0.2) is 0 Å². The molecule has 0 N–H and O–H groups in total. The van der Waals surface area contributed by atoms with E-state index >= 15 is 0 Å². The van der Waals surface area contributed by atoms with Crippen molar-refractivity contribution in [3.8, 4) is 0 Å². The predicted octanol–water partition coefficient (Wildman–Crippen LogP) is 2.77.